The summed E-state index contributed by atoms with van der Waals surface area (Å²) < 4.78 is 5.17. The summed E-state index contributed by atoms with van der Waals surface area (Å²) >= 11 is 0. The van der Waals surface area contributed by atoms with Crippen LogP contribution in [0.2, 0.25) is 0 Å². The Bertz CT molecular complexity index is 737. The van der Waals surface area contributed by atoms with Gasteiger partial charge in [-0.05, 0) is 17.9 Å². The van der Waals surface area contributed by atoms with E-state index in [-0.39, 0.29) is 24.0 Å². The quantitative estimate of drug-likeness (QED) is 0.781. The van der Waals surface area contributed by atoms with E-state index in [2.05, 4.69) is 4.85 Å². The van der Waals surface area contributed by atoms with Gasteiger partial charge in [-0.25, -0.2) is 6.57 Å². The van der Waals surface area contributed by atoms with Crippen molar-refractivity contribution in [2.24, 2.45) is 11.3 Å². The van der Waals surface area contributed by atoms with E-state index in [1.165, 1.54) is 0 Å². The van der Waals surface area contributed by atoms with Gasteiger partial charge in [-0.2, -0.15) is 0 Å². The number of benzene rings is 1. The fourth-order valence-corrected chi connectivity index (χ4v) is 4.97. The molecule has 1 aliphatic heterocycles. The van der Waals surface area contributed by atoms with Crippen molar-refractivity contribution >= 4 is 11.7 Å². The molecule has 2 fully saturated rings. The van der Waals surface area contributed by atoms with Gasteiger partial charge in [0.15, 0.2) is 0 Å². The number of Topliss-reactive ketones (excluding diaryl/α,β-unsaturated/α-hetero) is 1. The Balaban J connectivity index is 2.15. The van der Waals surface area contributed by atoms with Crippen molar-refractivity contribution in [3.8, 4) is 0 Å². The number of carbonyl (C=O) groups is 2. The van der Waals surface area contributed by atoms with Crippen LogP contribution in [0.15, 0.2) is 30.3 Å². The Labute approximate surface area is 155 Å². The first-order valence-corrected chi connectivity index (χ1v) is 9.14. The van der Waals surface area contributed by atoms with Gasteiger partial charge in [-0.3, -0.25) is 9.59 Å². The molecular weight excluding hydrogens is 328 g/mol. The molecule has 1 amide bonds. The van der Waals surface area contributed by atoms with Gasteiger partial charge in [-0.1, -0.05) is 44.2 Å². The highest BCUT2D eigenvalue weighted by atomic mass is 16.5. The minimum absolute atomic E-state index is 0.0257. The van der Waals surface area contributed by atoms with E-state index in [9.17, 15) is 9.59 Å². The third-order valence-electron chi connectivity index (χ3n) is 6.29. The largest absolute Gasteiger partial charge is 0.383 e. The summed E-state index contributed by atoms with van der Waals surface area (Å²) in [5.74, 6) is -0.0948. The SMILES string of the molecule is [C-]#[N+]C1C[C@]2(c3ccccc3)C(=O)N(CCOC)CC[C@H]2C(C)(C)C1=O. The van der Waals surface area contributed by atoms with E-state index in [1.807, 2.05) is 49.1 Å². The van der Waals surface area contributed by atoms with Crippen LogP contribution >= 0.6 is 0 Å². The van der Waals surface area contributed by atoms with Crippen molar-refractivity contribution in [2.45, 2.75) is 38.1 Å². The van der Waals surface area contributed by atoms with Crippen molar-refractivity contribution in [2.75, 3.05) is 26.8 Å². The zero-order chi connectivity index (χ0) is 18.9. The third kappa shape index (κ3) is 2.64. The van der Waals surface area contributed by atoms with Crippen LogP contribution < -0.4 is 0 Å². The second-order valence-electron chi connectivity index (χ2n) is 7.90. The standard InChI is InChI=1S/C21H26N2O3/c1-20(2)17-10-11-23(12-13-26-4)19(25)21(17,14-16(22-3)18(20)24)15-8-6-5-7-9-15/h5-9,16-17H,10-14H2,1-2,4H3/t16?,17-,21+/m0/s1. The van der Waals surface area contributed by atoms with Crippen LogP contribution in [0.4, 0.5) is 0 Å². The number of carbonyl (C=O) groups excluding carboxylic acids is 2. The molecule has 1 aliphatic carbocycles. The predicted octanol–water partition coefficient (Wildman–Crippen LogP) is 2.71. The van der Waals surface area contributed by atoms with Crippen LogP contribution in [0.25, 0.3) is 4.85 Å². The fraction of sp³-hybridized carbons (Fsp3) is 0.571. The summed E-state index contributed by atoms with van der Waals surface area (Å²) in [6.07, 6.45) is 1.03. The smallest absolute Gasteiger partial charge is 0.282 e. The maximum absolute atomic E-state index is 13.7. The molecule has 1 aromatic rings. The lowest BCUT2D eigenvalue weighted by molar-refractivity contribution is -0.158. The van der Waals surface area contributed by atoms with Crippen LogP contribution in [-0.2, 0) is 19.7 Å². The number of amides is 1. The van der Waals surface area contributed by atoms with Gasteiger partial charge >= 0.3 is 0 Å². The molecule has 26 heavy (non-hydrogen) atoms. The van der Waals surface area contributed by atoms with Gasteiger partial charge < -0.3 is 14.5 Å². The number of hydrogen-bond acceptors (Lipinski definition) is 3. The normalized spacial score (nSPS) is 30.6. The van der Waals surface area contributed by atoms with E-state index in [1.54, 1.807) is 7.11 Å². The maximum atomic E-state index is 13.7. The Kier molecular flexibility index (Phi) is 4.90. The van der Waals surface area contributed by atoms with Crippen molar-refractivity contribution in [1.82, 2.24) is 4.90 Å². The average Bonchev–Trinajstić information content (AvgIpc) is 2.65. The average molecular weight is 354 g/mol. The Morgan fingerprint density at radius 3 is 2.58 bits per heavy atom. The highest BCUT2D eigenvalue weighted by Gasteiger charge is 2.65. The van der Waals surface area contributed by atoms with Crippen molar-refractivity contribution in [1.29, 1.82) is 0 Å². The molecule has 138 valence electrons. The molecule has 0 radical (unpaired) electrons. The molecule has 1 unspecified atom stereocenters. The molecule has 0 N–H and O–H groups in total. The molecule has 1 saturated carbocycles. The fourth-order valence-electron chi connectivity index (χ4n) is 4.97. The molecule has 0 spiro atoms. The Morgan fingerprint density at radius 1 is 1.27 bits per heavy atom. The molecular formula is C21H26N2O3. The number of ketones is 1. The number of fused-ring (bicyclic) bond motifs is 1. The minimum atomic E-state index is -0.820. The van der Waals surface area contributed by atoms with Gasteiger partial charge in [0.25, 0.3) is 6.04 Å². The van der Waals surface area contributed by atoms with Crippen LogP contribution in [-0.4, -0.2) is 49.4 Å². The maximum Gasteiger partial charge on any atom is 0.282 e. The first-order valence-electron chi connectivity index (χ1n) is 9.14. The minimum Gasteiger partial charge on any atom is -0.383 e. The lowest BCUT2D eigenvalue weighted by Crippen LogP contribution is -2.66. The summed E-state index contributed by atoms with van der Waals surface area (Å²) in [5, 5.41) is 0. The molecule has 0 aromatic heterocycles. The predicted molar refractivity (Wildman–Crippen MR) is 98.5 cm³/mol. The number of methoxy groups -OCH3 is 1. The van der Waals surface area contributed by atoms with Crippen LogP contribution in [0.1, 0.15) is 32.3 Å². The highest BCUT2D eigenvalue weighted by Crippen LogP contribution is 2.55. The number of hydrogen-bond donors (Lipinski definition) is 0. The number of likely N-dealkylation sites (tertiary alicyclic amines) is 1. The van der Waals surface area contributed by atoms with E-state index < -0.39 is 16.9 Å². The molecule has 2 aliphatic rings. The molecule has 3 atom stereocenters. The highest BCUT2D eigenvalue weighted by molar-refractivity contribution is 5.98. The summed E-state index contributed by atoms with van der Waals surface area (Å²) in [6, 6.07) is 8.96. The molecule has 5 nitrogen and oxygen atoms in total. The van der Waals surface area contributed by atoms with Crippen LogP contribution in [0.3, 0.4) is 0 Å². The third-order valence-corrected chi connectivity index (χ3v) is 6.29. The van der Waals surface area contributed by atoms with Crippen LogP contribution in [0, 0.1) is 17.9 Å². The van der Waals surface area contributed by atoms with Gasteiger partial charge in [0.1, 0.15) is 0 Å². The van der Waals surface area contributed by atoms with E-state index >= 15 is 0 Å². The van der Waals surface area contributed by atoms with E-state index in [4.69, 9.17) is 11.3 Å². The first kappa shape index (κ1) is 18.6. The number of nitrogens with zero attached hydrogens (tertiary/aromatic N) is 2. The molecule has 1 aromatic carbocycles. The zero-order valence-electron chi connectivity index (χ0n) is 15.7. The van der Waals surface area contributed by atoms with Gasteiger partial charge in [0, 0.05) is 32.0 Å². The lowest BCUT2D eigenvalue weighted by atomic mass is 9.49. The second-order valence-corrected chi connectivity index (χ2v) is 7.90. The van der Waals surface area contributed by atoms with Gasteiger partial charge in [-0.15, -0.1) is 0 Å². The van der Waals surface area contributed by atoms with Crippen molar-refractivity contribution in [3.05, 3.63) is 47.3 Å². The molecule has 1 saturated heterocycles. The number of piperidine rings is 1. The second kappa shape index (κ2) is 6.85. The molecule has 5 heteroatoms. The first-order chi connectivity index (χ1) is 12.4. The molecule has 1 heterocycles. The number of ether oxygens (including phenoxy) is 1. The monoisotopic (exact) mass is 354 g/mol. The van der Waals surface area contributed by atoms with Crippen LogP contribution in [0.5, 0.6) is 0 Å². The van der Waals surface area contributed by atoms with Crippen molar-refractivity contribution < 1.29 is 14.3 Å². The topological polar surface area (TPSA) is 51.0 Å². The summed E-state index contributed by atoms with van der Waals surface area (Å²) in [6.45, 7) is 13.0. The summed E-state index contributed by atoms with van der Waals surface area (Å²) in [5.41, 5.74) is -0.599. The Morgan fingerprint density at radius 2 is 1.96 bits per heavy atom. The van der Waals surface area contributed by atoms with E-state index in [0.717, 1.165) is 12.0 Å². The zero-order valence-corrected chi connectivity index (χ0v) is 15.7. The van der Waals surface area contributed by atoms with Crippen molar-refractivity contribution in [3.63, 3.8) is 0 Å². The summed E-state index contributed by atoms with van der Waals surface area (Å²) in [7, 11) is 1.63. The lowest BCUT2D eigenvalue weighted by Gasteiger charge is -2.55. The van der Waals surface area contributed by atoms with Gasteiger partial charge in [0.05, 0.1) is 12.0 Å². The Hall–Kier alpha value is -2.19. The van der Waals surface area contributed by atoms with E-state index in [0.29, 0.717) is 19.7 Å². The molecule has 0 bridgehead atoms. The summed E-state index contributed by atoms with van der Waals surface area (Å²) in [4.78, 5) is 32.1. The number of rotatable bonds is 4. The molecule has 3 rings (SSSR count). The van der Waals surface area contributed by atoms with Gasteiger partial charge in [0.2, 0.25) is 11.7 Å².